The summed E-state index contributed by atoms with van der Waals surface area (Å²) in [5, 5.41) is 5.85. The summed E-state index contributed by atoms with van der Waals surface area (Å²) in [7, 11) is 0. The average Bonchev–Trinajstić information content (AvgIpc) is 2.44. The Bertz CT molecular complexity index is 473. The molecule has 1 aliphatic rings. The van der Waals surface area contributed by atoms with E-state index in [0.29, 0.717) is 0 Å². The van der Waals surface area contributed by atoms with Gasteiger partial charge in [-0.3, -0.25) is 0 Å². The van der Waals surface area contributed by atoms with E-state index in [4.69, 9.17) is 0 Å². The molecule has 2 N–H and O–H groups in total. The van der Waals surface area contributed by atoms with Gasteiger partial charge in [0.1, 0.15) is 0 Å². The number of nitrogens with zero attached hydrogens (tertiary/aromatic N) is 1. The zero-order valence-electron chi connectivity index (χ0n) is 14.1. The second kappa shape index (κ2) is 8.18. The molecule has 4 heteroatoms. The molecule has 2 rings (SSSR count). The summed E-state index contributed by atoms with van der Waals surface area (Å²) >= 11 is 0. The van der Waals surface area contributed by atoms with Gasteiger partial charge in [0, 0.05) is 12.2 Å². The van der Waals surface area contributed by atoms with E-state index in [1.807, 2.05) is 26.0 Å². The van der Waals surface area contributed by atoms with Crippen LogP contribution in [0.3, 0.4) is 0 Å². The van der Waals surface area contributed by atoms with Gasteiger partial charge in [-0.15, -0.1) is 0 Å². The van der Waals surface area contributed by atoms with E-state index < -0.39 is 0 Å². The molecule has 0 unspecified atom stereocenters. The summed E-state index contributed by atoms with van der Waals surface area (Å²) in [6.45, 7) is 10.6. The van der Waals surface area contributed by atoms with Crippen molar-refractivity contribution in [2.24, 2.45) is 5.92 Å². The van der Waals surface area contributed by atoms with Crippen LogP contribution >= 0.6 is 0 Å². The Balaban J connectivity index is 1.63. The molecule has 0 atom stereocenters. The van der Waals surface area contributed by atoms with Gasteiger partial charge in [0.25, 0.3) is 0 Å². The van der Waals surface area contributed by atoms with Gasteiger partial charge in [0.05, 0.1) is 0 Å². The van der Waals surface area contributed by atoms with Crippen molar-refractivity contribution in [3.05, 3.63) is 29.3 Å². The average molecular weight is 303 g/mol. The van der Waals surface area contributed by atoms with Crippen LogP contribution in [0.5, 0.6) is 0 Å². The van der Waals surface area contributed by atoms with Gasteiger partial charge in [-0.2, -0.15) is 0 Å². The van der Waals surface area contributed by atoms with Crippen LogP contribution in [0.4, 0.5) is 10.5 Å². The molecule has 1 aliphatic heterocycles. The predicted octanol–water partition coefficient (Wildman–Crippen LogP) is 3.55. The molecule has 1 aromatic rings. The maximum Gasteiger partial charge on any atom is 0.319 e. The summed E-state index contributed by atoms with van der Waals surface area (Å²) in [4.78, 5) is 14.4. The summed E-state index contributed by atoms with van der Waals surface area (Å²) < 4.78 is 0. The highest BCUT2D eigenvalue weighted by Crippen LogP contribution is 2.16. The van der Waals surface area contributed by atoms with Crippen LogP contribution in [0.2, 0.25) is 0 Å². The third-order valence-electron chi connectivity index (χ3n) is 4.29. The highest BCUT2D eigenvalue weighted by Gasteiger charge is 2.14. The first-order valence-electron chi connectivity index (χ1n) is 8.38. The lowest BCUT2D eigenvalue weighted by Crippen LogP contribution is -2.36. The Morgan fingerprint density at radius 2 is 1.82 bits per heavy atom. The number of amides is 2. The summed E-state index contributed by atoms with van der Waals surface area (Å²) in [6.07, 6.45) is 3.62. The van der Waals surface area contributed by atoms with Gasteiger partial charge in [-0.25, -0.2) is 4.79 Å². The number of carbonyl (C=O) groups is 1. The monoisotopic (exact) mass is 303 g/mol. The number of likely N-dealkylation sites (tertiary alicyclic amines) is 1. The third-order valence-corrected chi connectivity index (χ3v) is 4.29. The second-order valence-electron chi connectivity index (χ2n) is 6.64. The molecule has 4 nitrogen and oxygen atoms in total. The number of hydrogen-bond donors (Lipinski definition) is 2. The number of piperidine rings is 1. The predicted molar refractivity (Wildman–Crippen MR) is 92.4 cm³/mol. The molecule has 1 saturated heterocycles. The van der Waals surface area contributed by atoms with Crippen LogP contribution in [-0.2, 0) is 0 Å². The van der Waals surface area contributed by atoms with Gasteiger partial charge >= 0.3 is 6.03 Å². The number of hydrogen-bond acceptors (Lipinski definition) is 2. The quantitative estimate of drug-likeness (QED) is 0.817. The Labute approximate surface area is 134 Å². The topological polar surface area (TPSA) is 44.4 Å². The normalized spacial score (nSPS) is 16.5. The van der Waals surface area contributed by atoms with Crippen molar-refractivity contribution < 1.29 is 4.79 Å². The number of carbonyl (C=O) groups excluding carboxylic acids is 1. The SMILES string of the molecule is Cc1cc(C)cc(NC(=O)NCCCN2CCC(C)CC2)c1. The number of aryl methyl sites for hydroxylation is 2. The summed E-state index contributed by atoms with van der Waals surface area (Å²) in [6, 6.07) is 5.96. The van der Waals surface area contributed by atoms with Crippen molar-refractivity contribution in [3.63, 3.8) is 0 Å². The summed E-state index contributed by atoms with van der Waals surface area (Å²) in [5.74, 6) is 0.873. The minimum absolute atomic E-state index is 0.114. The number of nitrogens with one attached hydrogen (secondary N) is 2. The number of anilines is 1. The van der Waals surface area contributed by atoms with E-state index in [1.165, 1.54) is 25.9 Å². The lowest BCUT2D eigenvalue weighted by atomic mass is 9.99. The van der Waals surface area contributed by atoms with Crippen molar-refractivity contribution in [2.45, 2.75) is 40.0 Å². The van der Waals surface area contributed by atoms with Gasteiger partial charge in [0.2, 0.25) is 0 Å². The van der Waals surface area contributed by atoms with Crippen molar-refractivity contribution in [2.75, 3.05) is 31.5 Å². The molecule has 0 bridgehead atoms. The van der Waals surface area contributed by atoms with Gasteiger partial charge in [-0.05, 0) is 81.9 Å². The fourth-order valence-corrected chi connectivity index (χ4v) is 3.01. The van der Waals surface area contributed by atoms with E-state index >= 15 is 0 Å². The Hall–Kier alpha value is -1.55. The lowest BCUT2D eigenvalue weighted by Gasteiger charge is -2.30. The van der Waals surface area contributed by atoms with Crippen molar-refractivity contribution in [1.82, 2.24) is 10.2 Å². The van der Waals surface area contributed by atoms with E-state index in [2.05, 4.69) is 28.5 Å². The van der Waals surface area contributed by atoms with Crippen molar-refractivity contribution in [1.29, 1.82) is 0 Å². The Kier molecular flexibility index (Phi) is 6.25. The van der Waals surface area contributed by atoms with E-state index in [0.717, 1.165) is 42.2 Å². The molecule has 122 valence electrons. The molecule has 0 saturated carbocycles. The van der Waals surface area contributed by atoms with E-state index in [9.17, 15) is 4.79 Å². The standard InChI is InChI=1S/C18H29N3O/c1-14-5-9-21(10-6-14)8-4-7-19-18(22)20-17-12-15(2)11-16(3)13-17/h11-14H,4-10H2,1-3H3,(H2,19,20,22). The van der Waals surface area contributed by atoms with Gasteiger partial charge < -0.3 is 15.5 Å². The number of rotatable bonds is 5. The first-order valence-corrected chi connectivity index (χ1v) is 8.38. The third kappa shape index (κ3) is 5.68. The highest BCUT2D eigenvalue weighted by molar-refractivity contribution is 5.89. The molecular formula is C18H29N3O. The zero-order valence-corrected chi connectivity index (χ0v) is 14.1. The number of benzene rings is 1. The Morgan fingerprint density at radius 1 is 1.18 bits per heavy atom. The van der Waals surface area contributed by atoms with Gasteiger partial charge in [0.15, 0.2) is 0 Å². The molecule has 1 fully saturated rings. The van der Waals surface area contributed by atoms with Crippen molar-refractivity contribution >= 4 is 11.7 Å². The maximum atomic E-state index is 11.9. The lowest BCUT2D eigenvalue weighted by molar-refractivity contribution is 0.190. The summed E-state index contributed by atoms with van der Waals surface area (Å²) in [5.41, 5.74) is 3.18. The van der Waals surface area contributed by atoms with E-state index in [-0.39, 0.29) is 6.03 Å². The first-order chi connectivity index (χ1) is 10.5. The smallest absolute Gasteiger partial charge is 0.319 e. The van der Waals surface area contributed by atoms with Crippen LogP contribution in [-0.4, -0.2) is 37.1 Å². The molecule has 2 amide bonds. The molecule has 0 spiro atoms. The maximum absolute atomic E-state index is 11.9. The Morgan fingerprint density at radius 3 is 2.45 bits per heavy atom. The first kappa shape index (κ1) is 16.8. The van der Waals surface area contributed by atoms with Crippen LogP contribution in [0.25, 0.3) is 0 Å². The largest absolute Gasteiger partial charge is 0.338 e. The van der Waals surface area contributed by atoms with E-state index in [1.54, 1.807) is 0 Å². The molecule has 0 radical (unpaired) electrons. The minimum atomic E-state index is -0.114. The number of urea groups is 1. The molecule has 22 heavy (non-hydrogen) atoms. The second-order valence-corrected chi connectivity index (χ2v) is 6.64. The molecule has 1 aromatic carbocycles. The fourth-order valence-electron chi connectivity index (χ4n) is 3.01. The molecule has 0 aromatic heterocycles. The van der Waals surface area contributed by atoms with Crippen LogP contribution in [0.1, 0.15) is 37.3 Å². The molecular weight excluding hydrogens is 274 g/mol. The highest BCUT2D eigenvalue weighted by atomic mass is 16.2. The van der Waals surface area contributed by atoms with Crippen molar-refractivity contribution in [3.8, 4) is 0 Å². The van der Waals surface area contributed by atoms with Crippen LogP contribution in [0, 0.1) is 19.8 Å². The van der Waals surface area contributed by atoms with Crippen LogP contribution < -0.4 is 10.6 Å². The minimum Gasteiger partial charge on any atom is -0.338 e. The zero-order chi connectivity index (χ0) is 15.9. The van der Waals surface area contributed by atoms with Crippen LogP contribution in [0.15, 0.2) is 18.2 Å². The molecule has 1 heterocycles. The fraction of sp³-hybridized carbons (Fsp3) is 0.611. The van der Waals surface area contributed by atoms with Gasteiger partial charge in [-0.1, -0.05) is 13.0 Å². The molecule has 0 aliphatic carbocycles.